The Kier molecular flexibility index (Phi) is 8.04. The Hall–Kier alpha value is -3.38. The molecule has 1 aliphatic heterocycles. The van der Waals surface area contributed by atoms with E-state index in [1.54, 1.807) is 30.3 Å². The third-order valence-corrected chi connectivity index (χ3v) is 11.0. The molecule has 10 nitrogen and oxygen atoms in total. The molecule has 0 atom stereocenters. The number of hydrogen-bond acceptors (Lipinski definition) is 8. The van der Waals surface area contributed by atoms with Gasteiger partial charge in [-0.1, -0.05) is 12.1 Å². The Balaban J connectivity index is 0.931. The number of nitrogens with one attached hydrogen (secondary N) is 2. The van der Waals surface area contributed by atoms with E-state index in [0.29, 0.717) is 61.5 Å². The van der Waals surface area contributed by atoms with Crippen molar-refractivity contribution in [2.45, 2.75) is 88.3 Å². The summed E-state index contributed by atoms with van der Waals surface area (Å²) in [6.07, 6.45) is 8.11. The molecule has 4 bridgehead atoms. The highest BCUT2D eigenvalue weighted by Gasteiger charge is 2.50. The van der Waals surface area contributed by atoms with E-state index in [4.69, 9.17) is 19.4 Å². The zero-order chi connectivity index (χ0) is 31.3. The van der Waals surface area contributed by atoms with Crippen LogP contribution in [0.15, 0.2) is 30.3 Å². The third-order valence-electron chi connectivity index (χ3n) is 11.0. The smallest absolute Gasteiger partial charge is 0.296 e. The minimum absolute atomic E-state index is 0.0816. The lowest BCUT2D eigenvalue weighted by molar-refractivity contribution is -0.122. The van der Waals surface area contributed by atoms with Crippen LogP contribution in [0.1, 0.15) is 76.5 Å². The molecule has 1 amide bonds. The zero-order valence-corrected chi connectivity index (χ0v) is 26.2. The molecule has 246 valence electrons. The maximum Gasteiger partial charge on any atom is 0.296 e. The summed E-state index contributed by atoms with van der Waals surface area (Å²) in [5, 5.41) is 6.98. The SMILES string of the molecule is O=C(CNC12CC3CC(CC(C3)C1)C2)N[C@H]1CC[C@H](Oc2cc(-n3c(C(F)F)nc4ccccc43)nc(N3CCOCC3)n2)CC1. The average molecular weight is 636 g/mol. The molecule has 6 fully saturated rings. The molecule has 1 saturated heterocycles. The normalized spacial score (nSPS) is 30.7. The molecule has 5 saturated carbocycles. The molecule has 0 radical (unpaired) electrons. The van der Waals surface area contributed by atoms with Crippen molar-refractivity contribution >= 4 is 22.9 Å². The van der Waals surface area contributed by atoms with Crippen molar-refractivity contribution in [1.29, 1.82) is 0 Å². The number of aromatic nitrogens is 4. The number of nitrogens with zero attached hydrogens (tertiary/aromatic N) is 5. The lowest BCUT2D eigenvalue weighted by Crippen LogP contribution is -2.60. The van der Waals surface area contributed by atoms with Crippen molar-refractivity contribution in [3.63, 3.8) is 0 Å². The lowest BCUT2D eigenvalue weighted by Gasteiger charge is -2.57. The van der Waals surface area contributed by atoms with Crippen LogP contribution in [-0.4, -0.2) is 76.0 Å². The number of para-hydroxylation sites is 2. The summed E-state index contributed by atoms with van der Waals surface area (Å²) in [4.78, 5) is 28.6. The van der Waals surface area contributed by atoms with Gasteiger partial charge in [0.2, 0.25) is 17.7 Å². The molecule has 9 rings (SSSR count). The number of alkyl halides is 2. The predicted molar refractivity (Wildman–Crippen MR) is 168 cm³/mol. The van der Waals surface area contributed by atoms with Gasteiger partial charge in [-0.3, -0.25) is 9.36 Å². The van der Waals surface area contributed by atoms with Crippen molar-refractivity contribution in [2.75, 3.05) is 37.7 Å². The summed E-state index contributed by atoms with van der Waals surface area (Å²) in [6.45, 7) is 2.65. The number of anilines is 1. The van der Waals surface area contributed by atoms with Crippen LogP contribution in [0.5, 0.6) is 5.88 Å². The first-order valence-electron chi connectivity index (χ1n) is 17.1. The second kappa shape index (κ2) is 12.3. The molecule has 46 heavy (non-hydrogen) atoms. The van der Waals surface area contributed by atoms with Crippen LogP contribution in [0, 0.1) is 17.8 Å². The van der Waals surface area contributed by atoms with Crippen molar-refractivity contribution in [3.8, 4) is 11.7 Å². The number of fused-ring (bicyclic) bond motifs is 1. The second-order valence-corrected chi connectivity index (χ2v) is 14.3. The van der Waals surface area contributed by atoms with E-state index in [-0.39, 0.29) is 29.4 Å². The Morgan fingerprint density at radius 2 is 1.67 bits per heavy atom. The van der Waals surface area contributed by atoms with Crippen molar-refractivity contribution in [1.82, 2.24) is 30.2 Å². The highest BCUT2D eigenvalue weighted by atomic mass is 19.3. The fraction of sp³-hybridized carbons (Fsp3) is 0.647. The maximum atomic E-state index is 14.2. The van der Waals surface area contributed by atoms with Gasteiger partial charge in [-0.2, -0.15) is 9.97 Å². The monoisotopic (exact) mass is 635 g/mol. The first-order chi connectivity index (χ1) is 22.4. The van der Waals surface area contributed by atoms with E-state index in [0.717, 1.165) is 43.4 Å². The summed E-state index contributed by atoms with van der Waals surface area (Å²) >= 11 is 0. The molecule has 3 aromatic rings. The molecule has 6 aliphatic rings. The molecule has 2 aromatic heterocycles. The van der Waals surface area contributed by atoms with E-state index < -0.39 is 6.43 Å². The molecule has 5 aliphatic carbocycles. The van der Waals surface area contributed by atoms with Gasteiger partial charge in [-0.15, -0.1) is 0 Å². The number of ether oxygens (including phenoxy) is 2. The fourth-order valence-corrected chi connectivity index (χ4v) is 9.28. The number of morpholine rings is 1. The van der Waals surface area contributed by atoms with Crippen molar-refractivity contribution in [3.05, 3.63) is 36.2 Å². The molecular formula is C34H43F2N7O3. The van der Waals surface area contributed by atoms with Gasteiger partial charge < -0.3 is 25.0 Å². The van der Waals surface area contributed by atoms with Gasteiger partial charge in [0.1, 0.15) is 11.9 Å². The summed E-state index contributed by atoms with van der Waals surface area (Å²) in [5.41, 5.74) is 1.19. The van der Waals surface area contributed by atoms with Crippen LogP contribution >= 0.6 is 0 Å². The van der Waals surface area contributed by atoms with Gasteiger partial charge in [-0.05, 0) is 94.1 Å². The lowest BCUT2D eigenvalue weighted by atomic mass is 9.53. The first-order valence-corrected chi connectivity index (χ1v) is 17.1. The van der Waals surface area contributed by atoms with Crippen molar-refractivity contribution in [2.24, 2.45) is 17.8 Å². The number of rotatable bonds is 9. The molecule has 0 spiro atoms. The van der Waals surface area contributed by atoms with E-state index in [1.165, 1.54) is 43.1 Å². The number of halogens is 2. The number of carbonyl (C=O) groups is 1. The van der Waals surface area contributed by atoms with Gasteiger partial charge in [0, 0.05) is 30.7 Å². The summed E-state index contributed by atoms with van der Waals surface area (Å²) in [7, 11) is 0. The summed E-state index contributed by atoms with van der Waals surface area (Å²) in [6, 6.07) is 8.80. The first kappa shape index (κ1) is 30.0. The van der Waals surface area contributed by atoms with Gasteiger partial charge in [0.15, 0.2) is 5.82 Å². The Morgan fingerprint density at radius 1 is 0.978 bits per heavy atom. The molecule has 12 heteroatoms. The summed E-state index contributed by atoms with van der Waals surface area (Å²) in [5.74, 6) is 3.31. The molecular weight excluding hydrogens is 592 g/mol. The van der Waals surface area contributed by atoms with E-state index in [2.05, 4.69) is 15.6 Å². The molecule has 0 unspecified atom stereocenters. The highest BCUT2D eigenvalue weighted by molar-refractivity contribution is 5.79. The minimum Gasteiger partial charge on any atom is -0.474 e. The number of imidazole rings is 1. The topological polar surface area (TPSA) is 106 Å². The number of hydrogen-bond donors (Lipinski definition) is 2. The number of carbonyl (C=O) groups excluding carboxylic acids is 1. The largest absolute Gasteiger partial charge is 0.474 e. The quantitative estimate of drug-likeness (QED) is 0.340. The Bertz CT molecular complexity index is 1530. The van der Waals surface area contributed by atoms with Crippen molar-refractivity contribution < 1.29 is 23.0 Å². The van der Waals surface area contributed by atoms with Crippen LogP contribution in [0.25, 0.3) is 16.9 Å². The van der Waals surface area contributed by atoms with Crippen LogP contribution in [0.3, 0.4) is 0 Å². The maximum absolute atomic E-state index is 14.2. The average Bonchev–Trinajstić information content (AvgIpc) is 3.45. The molecule has 3 heterocycles. The highest BCUT2D eigenvalue weighted by Crippen LogP contribution is 2.55. The standard InChI is InChI=1S/C34H43F2N7O3/c35-31(36)32-39-26-3-1-2-4-27(26)43(32)28-16-30(41-33(40-28)42-9-11-45-12-10-42)46-25-7-5-24(6-8-25)38-29(44)20-37-34-17-21-13-22(18-34)15-23(14-21)19-34/h1-4,16,21-25,31,37H,5-15,17-20H2,(H,38,44)/t21?,22?,23?,24-,25-,34?. The summed E-state index contributed by atoms with van der Waals surface area (Å²) < 4.78 is 41.7. The van der Waals surface area contributed by atoms with Crippen LogP contribution in [0.4, 0.5) is 14.7 Å². The van der Waals surface area contributed by atoms with Gasteiger partial charge >= 0.3 is 0 Å². The van der Waals surface area contributed by atoms with Gasteiger partial charge in [0.05, 0.1) is 30.8 Å². The van der Waals surface area contributed by atoms with Crippen LogP contribution in [-0.2, 0) is 9.53 Å². The van der Waals surface area contributed by atoms with E-state index >= 15 is 0 Å². The zero-order valence-electron chi connectivity index (χ0n) is 26.2. The minimum atomic E-state index is -2.79. The van der Waals surface area contributed by atoms with Gasteiger partial charge in [0.25, 0.3) is 6.43 Å². The van der Waals surface area contributed by atoms with E-state index in [9.17, 15) is 13.6 Å². The third kappa shape index (κ3) is 6.05. The Labute approximate surface area is 267 Å². The predicted octanol–water partition coefficient (Wildman–Crippen LogP) is 4.95. The van der Waals surface area contributed by atoms with Crippen LogP contribution in [0.2, 0.25) is 0 Å². The fourth-order valence-electron chi connectivity index (χ4n) is 9.28. The number of benzene rings is 1. The van der Waals surface area contributed by atoms with Crippen LogP contribution < -0.4 is 20.3 Å². The second-order valence-electron chi connectivity index (χ2n) is 14.3. The molecule has 2 N–H and O–H groups in total. The Morgan fingerprint density at radius 3 is 2.37 bits per heavy atom. The van der Waals surface area contributed by atoms with Gasteiger partial charge in [-0.25, -0.2) is 13.8 Å². The number of amides is 1. The molecule has 1 aromatic carbocycles. The van der Waals surface area contributed by atoms with E-state index in [1.807, 2.05) is 4.90 Å².